The lowest BCUT2D eigenvalue weighted by molar-refractivity contribution is -0.121. The summed E-state index contributed by atoms with van der Waals surface area (Å²) in [5.74, 6) is 0.530. The van der Waals surface area contributed by atoms with Gasteiger partial charge in [-0.3, -0.25) is 14.0 Å². The summed E-state index contributed by atoms with van der Waals surface area (Å²) in [4.78, 5) is 30.1. The van der Waals surface area contributed by atoms with Crippen molar-refractivity contribution in [3.05, 3.63) is 33.7 Å². The highest BCUT2D eigenvalue weighted by atomic mass is 32.1. The Hall–Kier alpha value is -2.23. The molecule has 4 rings (SSSR count). The number of amides is 1. The number of nitrogens with zero attached hydrogens (tertiary/aromatic N) is 5. The van der Waals surface area contributed by atoms with E-state index >= 15 is 0 Å². The average Bonchev–Trinajstić information content (AvgIpc) is 3.32. The summed E-state index contributed by atoms with van der Waals surface area (Å²) in [7, 11) is 0. The molecule has 1 N–H and O–H groups in total. The van der Waals surface area contributed by atoms with Crippen LogP contribution in [0, 0.1) is 6.92 Å². The summed E-state index contributed by atoms with van der Waals surface area (Å²) in [6.07, 6.45) is 2.12. The highest BCUT2D eigenvalue weighted by Crippen LogP contribution is 2.24. The number of carbonyl (C=O) groups is 1. The molecule has 1 fully saturated rings. The lowest BCUT2D eigenvalue weighted by atomic mass is 10.2. The van der Waals surface area contributed by atoms with Crippen LogP contribution < -0.4 is 10.9 Å². The van der Waals surface area contributed by atoms with Gasteiger partial charge in [0, 0.05) is 32.7 Å². The summed E-state index contributed by atoms with van der Waals surface area (Å²) < 4.78 is 4.19. The van der Waals surface area contributed by atoms with Gasteiger partial charge in [0.2, 0.25) is 5.91 Å². The van der Waals surface area contributed by atoms with Gasteiger partial charge in [-0.25, -0.2) is 4.68 Å². The van der Waals surface area contributed by atoms with Crippen LogP contribution >= 0.6 is 11.3 Å². The van der Waals surface area contributed by atoms with Crippen LogP contribution in [-0.4, -0.2) is 75.7 Å². The molecule has 1 saturated heterocycles. The molecule has 0 aromatic carbocycles. The first-order chi connectivity index (χ1) is 14.6. The van der Waals surface area contributed by atoms with E-state index in [9.17, 15) is 9.59 Å². The van der Waals surface area contributed by atoms with E-state index in [1.165, 1.54) is 17.6 Å². The van der Waals surface area contributed by atoms with Gasteiger partial charge in [0.25, 0.3) is 5.56 Å². The Kier molecular flexibility index (Phi) is 6.50. The van der Waals surface area contributed by atoms with Crippen LogP contribution in [0.4, 0.5) is 0 Å². The zero-order valence-corrected chi connectivity index (χ0v) is 18.6. The minimum atomic E-state index is -0.232. The van der Waals surface area contributed by atoms with E-state index in [0.29, 0.717) is 17.9 Å². The third-order valence-electron chi connectivity index (χ3n) is 5.74. The number of rotatable bonds is 8. The second-order valence-corrected chi connectivity index (χ2v) is 8.88. The average molecular weight is 431 g/mol. The second kappa shape index (κ2) is 9.28. The fraction of sp³-hybridized carbons (Fsp3) is 0.571. The molecule has 0 atom stereocenters. The molecular weight excluding hydrogens is 400 g/mol. The van der Waals surface area contributed by atoms with Gasteiger partial charge in [0.05, 0.1) is 10.2 Å². The monoisotopic (exact) mass is 430 g/mol. The molecule has 3 aromatic rings. The summed E-state index contributed by atoms with van der Waals surface area (Å²) >= 11 is 1.60. The van der Waals surface area contributed by atoms with Crippen molar-refractivity contribution in [1.82, 2.24) is 29.3 Å². The number of nitrogens with one attached hydrogen (secondary N) is 1. The smallest absolute Gasteiger partial charge is 0.291 e. The van der Waals surface area contributed by atoms with Crippen molar-refractivity contribution in [1.29, 1.82) is 0 Å². The molecule has 1 amide bonds. The number of hydrogen-bond donors (Lipinski definition) is 1. The van der Waals surface area contributed by atoms with Gasteiger partial charge in [-0.15, -0.1) is 11.3 Å². The maximum atomic E-state index is 12.8. The number of fused-ring (bicyclic) bond motifs is 3. The Morgan fingerprint density at radius 2 is 1.90 bits per heavy atom. The van der Waals surface area contributed by atoms with E-state index < -0.39 is 0 Å². The van der Waals surface area contributed by atoms with Crippen LogP contribution in [0.25, 0.3) is 15.7 Å². The van der Waals surface area contributed by atoms with E-state index in [-0.39, 0.29) is 18.0 Å². The number of thiophene rings is 1. The summed E-state index contributed by atoms with van der Waals surface area (Å²) in [5.41, 5.74) is 1.33. The Labute approximate surface area is 180 Å². The van der Waals surface area contributed by atoms with Crippen molar-refractivity contribution in [3.8, 4) is 0 Å². The molecule has 30 heavy (non-hydrogen) atoms. The number of aryl methyl sites for hydroxylation is 1. The molecule has 0 spiro atoms. The molecule has 1 aliphatic rings. The van der Waals surface area contributed by atoms with Crippen LogP contribution in [0.3, 0.4) is 0 Å². The van der Waals surface area contributed by atoms with Gasteiger partial charge in [-0.2, -0.15) is 5.10 Å². The van der Waals surface area contributed by atoms with Crippen molar-refractivity contribution in [2.75, 3.05) is 45.8 Å². The zero-order chi connectivity index (χ0) is 21.1. The number of carbonyl (C=O) groups excluding carboxylic acids is 1. The first-order valence-corrected chi connectivity index (χ1v) is 11.6. The van der Waals surface area contributed by atoms with E-state index in [0.717, 1.165) is 49.4 Å². The highest BCUT2D eigenvalue weighted by molar-refractivity contribution is 7.17. The molecule has 1 aliphatic heterocycles. The Bertz CT molecular complexity index is 1080. The van der Waals surface area contributed by atoms with Crippen LogP contribution in [0.2, 0.25) is 0 Å². The van der Waals surface area contributed by atoms with Crippen molar-refractivity contribution in [2.45, 2.75) is 33.2 Å². The molecule has 0 unspecified atom stereocenters. The molecule has 4 heterocycles. The van der Waals surface area contributed by atoms with Gasteiger partial charge in [-0.1, -0.05) is 6.92 Å². The number of piperazine rings is 1. The Morgan fingerprint density at radius 1 is 1.17 bits per heavy atom. The highest BCUT2D eigenvalue weighted by Gasteiger charge is 2.16. The van der Waals surface area contributed by atoms with Gasteiger partial charge < -0.3 is 15.1 Å². The van der Waals surface area contributed by atoms with Crippen LogP contribution in [0.15, 0.2) is 22.3 Å². The lowest BCUT2D eigenvalue weighted by Crippen LogP contribution is -2.47. The fourth-order valence-corrected chi connectivity index (χ4v) is 5.01. The first-order valence-electron chi connectivity index (χ1n) is 10.7. The van der Waals surface area contributed by atoms with E-state index in [2.05, 4.69) is 27.1 Å². The van der Waals surface area contributed by atoms with Crippen LogP contribution in [0.5, 0.6) is 0 Å². The second-order valence-electron chi connectivity index (χ2n) is 7.93. The molecule has 8 nitrogen and oxygen atoms in total. The van der Waals surface area contributed by atoms with Gasteiger partial charge in [0.15, 0.2) is 0 Å². The maximum Gasteiger partial charge on any atom is 0.291 e. The standard InChI is InChI=1S/C21H30N6O2S/c1-3-7-24-9-11-25(12-10-24)8-4-6-22-20(28)15-26-21(29)18-14-19-17(5-13-30-19)27(18)16(2)23-26/h5,13-14H,3-4,6-12,15H2,1-2H3,(H,22,28). The molecule has 9 heteroatoms. The van der Waals surface area contributed by atoms with Crippen LogP contribution in [-0.2, 0) is 11.3 Å². The predicted octanol–water partition coefficient (Wildman–Crippen LogP) is 1.55. The topological polar surface area (TPSA) is 74.9 Å². The third kappa shape index (κ3) is 4.43. The molecule has 162 valence electrons. The molecule has 0 aliphatic carbocycles. The first kappa shape index (κ1) is 21.0. The molecule has 3 aromatic heterocycles. The van der Waals surface area contributed by atoms with Crippen molar-refractivity contribution < 1.29 is 4.79 Å². The van der Waals surface area contributed by atoms with E-state index in [4.69, 9.17) is 0 Å². The Balaban J connectivity index is 1.28. The third-order valence-corrected chi connectivity index (χ3v) is 6.59. The van der Waals surface area contributed by atoms with Crippen LogP contribution in [0.1, 0.15) is 25.6 Å². The van der Waals surface area contributed by atoms with Crippen molar-refractivity contribution in [3.63, 3.8) is 0 Å². The molecule has 0 bridgehead atoms. The van der Waals surface area contributed by atoms with Crippen molar-refractivity contribution in [2.24, 2.45) is 0 Å². The SMILES string of the molecule is CCCN1CCN(CCCNC(=O)Cn2nc(C)n3c(cc4sccc43)c2=O)CC1. The Morgan fingerprint density at radius 3 is 2.63 bits per heavy atom. The predicted molar refractivity (Wildman–Crippen MR) is 120 cm³/mol. The lowest BCUT2D eigenvalue weighted by Gasteiger charge is -2.34. The number of aromatic nitrogens is 3. The summed E-state index contributed by atoms with van der Waals surface area (Å²) in [5, 5.41) is 9.30. The fourth-order valence-electron chi connectivity index (χ4n) is 4.21. The van der Waals surface area contributed by atoms with Gasteiger partial charge >= 0.3 is 0 Å². The summed E-state index contributed by atoms with van der Waals surface area (Å²) in [6.45, 7) is 11.3. The minimum Gasteiger partial charge on any atom is -0.354 e. The zero-order valence-electron chi connectivity index (χ0n) is 17.8. The van der Waals surface area contributed by atoms with Crippen molar-refractivity contribution >= 4 is 33.0 Å². The summed E-state index contributed by atoms with van der Waals surface area (Å²) in [6, 6.07) is 3.87. The quantitative estimate of drug-likeness (QED) is 0.549. The van der Waals surface area contributed by atoms with E-state index in [1.807, 2.05) is 28.8 Å². The number of hydrogen-bond acceptors (Lipinski definition) is 6. The van der Waals surface area contributed by atoms with Gasteiger partial charge in [-0.05, 0) is 50.4 Å². The normalized spacial score (nSPS) is 15.9. The largest absolute Gasteiger partial charge is 0.354 e. The molecular formula is C21H30N6O2S. The minimum absolute atomic E-state index is 0.0509. The maximum absolute atomic E-state index is 12.8. The van der Waals surface area contributed by atoms with E-state index in [1.54, 1.807) is 11.3 Å². The molecule has 0 radical (unpaired) electrons. The molecule has 0 saturated carbocycles. The van der Waals surface area contributed by atoms with Gasteiger partial charge in [0.1, 0.15) is 17.9 Å².